The van der Waals surface area contributed by atoms with Crippen molar-refractivity contribution in [3.63, 3.8) is 0 Å². The predicted molar refractivity (Wildman–Crippen MR) is 56.5 cm³/mol. The highest BCUT2D eigenvalue weighted by atomic mass is 32.2. The highest BCUT2D eigenvalue weighted by Crippen LogP contribution is 2.24. The first-order valence-corrected chi connectivity index (χ1v) is 5.91. The molecule has 0 spiro atoms. The molecule has 1 aliphatic heterocycles. The SMILES string of the molecule is CC[S+]1CC=Cc2ccccc21. The fourth-order valence-electron chi connectivity index (χ4n) is 1.54. The van der Waals surface area contributed by atoms with Crippen LogP contribution in [-0.2, 0) is 10.9 Å². The summed E-state index contributed by atoms with van der Waals surface area (Å²) in [5, 5.41) is 0. The van der Waals surface area contributed by atoms with E-state index in [1.807, 2.05) is 0 Å². The highest BCUT2D eigenvalue weighted by Gasteiger charge is 2.23. The van der Waals surface area contributed by atoms with E-state index in [2.05, 4.69) is 43.3 Å². The van der Waals surface area contributed by atoms with Crippen molar-refractivity contribution in [2.24, 2.45) is 0 Å². The largest absolute Gasteiger partial charge is 0.162 e. The molecule has 1 aliphatic rings. The maximum Gasteiger partial charge on any atom is 0.162 e. The molecule has 1 aromatic rings. The molecule has 0 saturated carbocycles. The van der Waals surface area contributed by atoms with Gasteiger partial charge in [0.25, 0.3) is 0 Å². The molecule has 62 valence electrons. The number of benzene rings is 1. The molecule has 2 rings (SSSR count). The van der Waals surface area contributed by atoms with E-state index in [-0.39, 0.29) is 0 Å². The van der Waals surface area contributed by atoms with Gasteiger partial charge in [0.1, 0.15) is 11.5 Å². The Morgan fingerprint density at radius 3 is 3.00 bits per heavy atom. The van der Waals surface area contributed by atoms with Crippen molar-refractivity contribution in [2.75, 3.05) is 11.5 Å². The van der Waals surface area contributed by atoms with E-state index in [1.165, 1.54) is 17.1 Å². The molecule has 12 heavy (non-hydrogen) atoms. The van der Waals surface area contributed by atoms with E-state index in [1.54, 1.807) is 4.90 Å². The number of hydrogen-bond acceptors (Lipinski definition) is 0. The van der Waals surface area contributed by atoms with Crippen LogP contribution in [0.25, 0.3) is 6.08 Å². The van der Waals surface area contributed by atoms with E-state index in [0.29, 0.717) is 10.9 Å². The first-order chi connectivity index (χ1) is 5.92. The third-order valence-corrected chi connectivity index (χ3v) is 4.46. The van der Waals surface area contributed by atoms with E-state index in [0.717, 1.165) is 0 Å². The fourth-order valence-corrected chi connectivity index (χ4v) is 3.33. The van der Waals surface area contributed by atoms with Crippen molar-refractivity contribution in [1.82, 2.24) is 0 Å². The van der Waals surface area contributed by atoms with Crippen molar-refractivity contribution >= 4 is 17.0 Å². The van der Waals surface area contributed by atoms with Crippen molar-refractivity contribution in [1.29, 1.82) is 0 Å². The van der Waals surface area contributed by atoms with E-state index in [4.69, 9.17) is 0 Å². The van der Waals surface area contributed by atoms with Crippen molar-refractivity contribution < 1.29 is 0 Å². The molecule has 0 N–H and O–H groups in total. The summed E-state index contributed by atoms with van der Waals surface area (Å²) in [6.45, 7) is 2.28. The lowest BCUT2D eigenvalue weighted by Crippen LogP contribution is -2.13. The maximum absolute atomic E-state index is 2.30. The van der Waals surface area contributed by atoms with Gasteiger partial charge < -0.3 is 0 Å². The molecule has 0 bridgehead atoms. The topological polar surface area (TPSA) is 0 Å². The van der Waals surface area contributed by atoms with Gasteiger partial charge in [0.05, 0.1) is 0 Å². The van der Waals surface area contributed by atoms with Gasteiger partial charge in [-0.05, 0) is 31.2 Å². The molecule has 0 aliphatic carbocycles. The molecule has 1 aromatic carbocycles. The normalized spacial score (nSPS) is 20.6. The Kier molecular flexibility index (Phi) is 2.22. The third-order valence-electron chi connectivity index (χ3n) is 2.17. The summed E-state index contributed by atoms with van der Waals surface area (Å²) in [6, 6.07) is 8.74. The molecule has 0 saturated heterocycles. The molecular weight excluding hydrogens is 164 g/mol. The van der Waals surface area contributed by atoms with Crippen LogP contribution in [0.15, 0.2) is 35.2 Å². The minimum atomic E-state index is 0.487. The van der Waals surface area contributed by atoms with Gasteiger partial charge in [0, 0.05) is 16.5 Å². The highest BCUT2D eigenvalue weighted by molar-refractivity contribution is 7.97. The fraction of sp³-hybridized carbons (Fsp3) is 0.273. The lowest BCUT2D eigenvalue weighted by Gasteiger charge is -2.10. The van der Waals surface area contributed by atoms with Crippen LogP contribution in [0.3, 0.4) is 0 Å². The monoisotopic (exact) mass is 177 g/mol. The van der Waals surface area contributed by atoms with Crippen molar-refractivity contribution in [3.05, 3.63) is 35.9 Å². The van der Waals surface area contributed by atoms with Gasteiger partial charge in [-0.15, -0.1) is 0 Å². The van der Waals surface area contributed by atoms with E-state index in [9.17, 15) is 0 Å². The van der Waals surface area contributed by atoms with Gasteiger partial charge >= 0.3 is 0 Å². The lowest BCUT2D eigenvalue weighted by molar-refractivity contribution is 1.34. The number of fused-ring (bicyclic) bond motifs is 1. The summed E-state index contributed by atoms with van der Waals surface area (Å²) in [5.74, 6) is 2.52. The molecule has 0 radical (unpaired) electrons. The minimum Gasteiger partial charge on any atom is -0.0613 e. The average molecular weight is 177 g/mol. The Bertz CT molecular complexity index is 302. The first kappa shape index (κ1) is 7.93. The zero-order chi connectivity index (χ0) is 8.39. The molecule has 0 aromatic heterocycles. The van der Waals surface area contributed by atoms with Gasteiger partial charge in [-0.25, -0.2) is 0 Å². The van der Waals surface area contributed by atoms with E-state index >= 15 is 0 Å². The molecule has 1 heteroatoms. The van der Waals surface area contributed by atoms with Crippen LogP contribution in [0.4, 0.5) is 0 Å². The van der Waals surface area contributed by atoms with Crippen LogP contribution in [0.5, 0.6) is 0 Å². The minimum absolute atomic E-state index is 0.487. The molecule has 0 nitrogen and oxygen atoms in total. The van der Waals surface area contributed by atoms with Crippen LogP contribution < -0.4 is 0 Å². The zero-order valence-electron chi connectivity index (χ0n) is 7.29. The van der Waals surface area contributed by atoms with Crippen LogP contribution in [-0.4, -0.2) is 11.5 Å². The lowest BCUT2D eigenvalue weighted by atomic mass is 10.2. The van der Waals surface area contributed by atoms with Crippen molar-refractivity contribution in [3.8, 4) is 0 Å². The van der Waals surface area contributed by atoms with Gasteiger partial charge in [-0.3, -0.25) is 0 Å². The molecule has 0 fully saturated rings. The van der Waals surface area contributed by atoms with Crippen LogP contribution in [0, 0.1) is 0 Å². The second-order valence-corrected chi connectivity index (χ2v) is 5.22. The van der Waals surface area contributed by atoms with Gasteiger partial charge in [0.15, 0.2) is 4.90 Å². The molecule has 1 atom stereocenters. The summed E-state index contributed by atoms with van der Waals surface area (Å²) >= 11 is 0. The first-order valence-electron chi connectivity index (χ1n) is 4.35. The summed E-state index contributed by atoms with van der Waals surface area (Å²) in [6.07, 6.45) is 4.55. The quantitative estimate of drug-likeness (QED) is 0.579. The summed E-state index contributed by atoms with van der Waals surface area (Å²) in [5.41, 5.74) is 1.42. The maximum atomic E-state index is 2.30. The Labute approximate surface area is 76.7 Å². The smallest absolute Gasteiger partial charge is 0.0613 e. The van der Waals surface area contributed by atoms with Gasteiger partial charge in [0.2, 0.25) is 0 Å². The van der Waals surface area contributed by atoms with Crippen LogP contribution in [0.2, 0.25) is 0 Å². The molecule has 1 heterocycles. The van der Waals surface area contributed by atoms with Gasteiger partial charge in [-0.2, -0.15) is 0 Å². The van der Waals surface area contributed by atoms with Crippen LogP contribution >= 0.6 is 0 Å². The third kappa shape index (κ3) is 1.29. The summed E-state index contributed by atoms with van der Waals surface area (Å²) in [7, 11) is 0.487. The Morgan fingerprint density at radius 2 is 2.17 bits per heavy atom. The average Bonchev–Trinajstić information content (AvgIpc) is 2.17. The Morgan fingerprint density at radius 1 is 1.33 bits per heavy atom. The Balaban J connectivity index is 2.45. The van der Waals surface area contributed by atoms with Gasteiger partial charge in [-0.1, -0.05) is 12.1 Å². The molecular formula is C11H13S+. The van der Waals surface area contributed by atoms with E-state index < -0.39 is 0 Å². The van der Waals surface area contributed by atoms with Crippen molar-refractivity contribution in [2.45, 2.75) is 11.8 Å². The summed E-state index contributed by atoms with van der Waals surface area (Å²) in [4.78, 5) is 1.56. The Hall–Kier alpha value is -0.690. The number of hydrogen-bond donors (Lipinski definition) is 0. The number of rotatable bonds is 1. The second-order valence-electron chi connectivity index (χ2n) is 2.89. The summed E-state index contributed by atoms with van der Waals surface area (Å²) < 4.78 is 0. The molecule has 1 unspecified atom stereocenters. The zero-order valence-corrected chi connectivity index (χ0v) is 8.10. The second kappa shape index (κ2) is 3.36. The molecule has 0 amide bonds. The standard InChI is InChI=1S/C11H13S/c1-2-12-9-5-7-10-6-3-4-8-11(10)12/h3-8H,2,9H2,1H3/q+1. The van der Waals surface area contributed by atoms with Crippen LogP contribution in [0.1, 0.15) is 12.5 Å². The predicted octanol–water partition coefficient (Wildman–Crippen LogP) is 2.71.